The van der Waals surface area contributed by atoms with Crippen LogP contribution in [0.1, 0.15) is 22.3 Å². The molecule has 0 saturated carbocycles. The van der Waals surface area contributed by atoms with Crippen LogP contribution in [0.3, 0.4) is 0 Å². The number of amides is 3. The van der Waals surface area contributed by atoms with E-state index in [9.17, 15) is 14.4 Å². The normalized spacial score (nSPS) is 15.3. The van der Waals surface area contributed by atoms with Crippen LogP contribution in [-0.2, 0) is 40.3 Å². The van der Waals surface area contributed by atoms with Gasteiger partial charge in [0.15, 0.2) is 0 Å². The van der Waals surface area contributed by atoms with Crippen molar-refractivity contribution >= 4 is 29.5 Å². The van der Waals surface area contributed by atoms with Gasteiger partial charge in [0.25, 0.3) is 0 Å². The van der Waals surface area contributed by atoms with E-state index in [-0.39, 0.29) is 26.0 Å². The van der Waals surface area contributed by atoms with Gasteiger partial charge < -0.3 is 20.5 Å². The van der Waals surface area contributed by atoms with E-state index in [0.717, 1.165) is 16.7 Å². The van der Waals surface area contributed by atoms with Crippen LogP contribution in [-0.4, -0.2) is 42.0 Å². The van der Waals surface area contributed by atoms with Crippen molar-refractivity contribution in [1.82, 2.24) is 10.2 Å². The Morgan fingerprint density at radius 2 is 1.73 bits per heavy atom. The molecule has 1 aliphatic rings. The molecule has 3 amide bonds. The van der Waals surface area contributed by atoms with Crippen LogP contribution in [0.5, 0.6) is 5.75 Å². The lowest BCUT2D eigenvalue weighted by atomic mass is 9.93. The minimum absolute atomic E-state index is 0.0777. The van der Waals surface area contributed by atoms with Crippen molar-refractivity contribution in [2.45, 2.75) is 38.1 Å². The fraction of sp³-hybridized carbons (Fsp3) is 0.250. The summed E-state index contributed by atoms with van der Waals surface area (Å²) in [6.45, 7) is 0.283. The van der Waals surface area contributed by atoms with E-state index in [2.05, 4.69) is 5.32 Å². The molecule has 1 heterocycles. The quantitative estimate of drug-likeness (QED) is 0.470. The van der Waals surface area contributed by atoms with E-state index in [1.54, 1.807) is 18.2 Å². The van der Waals surface area contributed by atoms with Crippen molar-refractivity contribution < 1.29 is 23.9 Å². The number of carbonyl (C=O) groups excluding carboxylic acids is 3. The van der Waals surface area contributed by atoms with Crippen LogP contribution in [0.15, 0.2) is 72.8 Å². The first kappa shape index (κ1) is 26.0. The highest BCUT2D eigenvalue weighted by atomic mass is 35.5. The Hall–Kier alpha value is -4.04. The molecule has 4 rings (SSSR count). The fourth-order valence-corrected chi connectivity index (χ4v) is 4.59. The van der Waals surface area contributed by atoms with E-state index < -0.39 is 30.0 Å². The number of hydrogen-bond acceptors (Lipinski definition) is 5. The summed E-state index contributed by atoms with van der Waals surface area (Å²) in [5.74, 6) is -0.695. The van der Waals surface area contributed by atoms with Gasteiger partial charge in [-0.1, -0.05) is 72.3 Å². The van der Waals surface area contributed by atoms with Gasteiger partial charge in [0, 0.05) is 12.8 Å². The molecule has 8 nitrogen and oxygen atoms in total. The zero-order chi connectivity index (χ0) is 26.4. The van der Waals surface area contributed by atoms with Gasteiger partial charge in [-0.05, 0) is 34.4 Å². The number of rotatable bonds is 8. The van der Waals surface area contributed by atoms with Gasteiger partial charge in [-0.2, -0.15) is 0 Å². The maximum Gasteiger partial charge on any atom is 0.411 e. The summed E-state index contributed by atoms with van der Waals surface area (Å²) in [6, 6.07) is 20.1. The number of hydrogen-bond donors (Lipinski definition) is 2. The SMILES string of the molecule is COc1ccc(C[C@@H](NC(=O)[C@@H]2Cc3ccccc3CN2C(=O)OCc2ccccc2)C(N)=O)cc1Cl. The van der Waals surface area contributed by atoms with Crippen molar-refractivity contribution in [3.8, 4) is 5.75 Å². The van der Waals surface area contributed by atoms with Gasteiger partial charge in [-0.3, -0.25) is 14.5 Å². The summed E-state index contributed by atoms with van der Waals surface area (Å²) < 4.78 is 10.7. The first-order valence-electron chi connectivity index (χ1n) is 11.8. The van der Waals surface area contributed by atoms with Crippen LogP contribution >= 0.6 is 11.6 Å². The fourth-order valence-electron chi connectivity index (χ4n) is 4.31. The third-order valence-electron chi connectivity index (χ3n) is 6.31. The Labute approximate surface area is 220 Å². The second-order valence-electron chi connectivity index (χ2n) is 8.79. The molecule has 9 heteroatoms. The Bertz CT molecular complexity index is 1280. The Morgan fingerprint density at radius 3 is 2.41 bits per heavy atom. The minimum Gasteiger partial charge on any atom is -0.495 e. The predicted octanol–water partition coefficient (Wildman–Crippen LogP) is 3.62. The van der Waals surface area contributed by atoms with Crippen LogP contribution in [0, 0.1) is 0 Å². The molecule has 0 saturated heterocycles. The van der Waals surface area contributed by atoms with Gasteiger partial charge in [0.05, 0.1) is 18.7 Å². The number of benzene rings is 3. The molecule has 37 heavy (non-hydrogen) atoms. The molecule has 1 aliphatic heterocycles. The average molecular weight is 522 g/mol. The molecule has 3 aromatic rings. The van der Waals surface area contributed by atoms with Crippen molar-refractivity contribution in [1.29, 1.82) is 0 Å². The highest BCUT2D eigenvalue weighted by Crippen LogP contribution is 2.27. The monoisotopic (exact) mass is 521 g/mol. The lowest BCUT2D eigenvalue weighted by Crippen LogP contribution is -2.56. The molecule has 0 radical (unpaired) electrons. The summed E-state index contributed by atoms with van der Waals surface area (Å²) in [6.07, 6.45) is -0.203. The number of primary amides is 1. The van der Waals surface area contributed by atoms with E-state index in [0.29, 0.717) is 16.3 Å². The number of halogens is 1. The summed E-state index contributed by atoms with van der Waals surface area (Å²) in [7, 11) is 1.51. The third kappa shape index (κ3) is 6.40. The number of nitrogens with two attached hydrogens (primary N) is 1. The minimum atomic E-state index is -1.00. The number of nitrogens with one attached hydrogen (secondary N) is 1. The van der Waals surface area contributed by atoms with Gasteiger partial charge in [-0.15, -0.1) is 0 Å². The molecule has 0 aromatic heterocycles. The van der Waals surface area contributed by atoms with E-state index in [1.165, 1.54) is 12.0 Å². The summed E-state index contributed by atoms with van der Waals surface area (Å²) in [5, 5.41) is 3.12. The molecule has 3 N–H and O–H groups in total. The molecular weight excluding hydrogens is 494 g/mol. The first-order chi connectivity index (χ1) is 17.9. The van der Waals surface area contributed by atoms with Crippen LogP contribution in [0.2, 0.25) is 5.02 Å². The number of methoxy groups -OCH3 is 1. The maximum absolute atomic E-state index is 13.5. The second-order valence-corrected chi connectivity index (χ2v) is 9.20. The van der Waals surface area contributed by atoms with Crippen molar-refractivity contribution in [3.05, 3.63) is 100 Å². The standard InChI is InChI=1S/C28H28ClN3O5/c1-36-25-12-11-19(13-22(25)29)14-23(26(30)33)31-27(34)24-15-20-9-5-6-10-21(20)16-32(24)28(35)37-17-18-7-3-2-4-8-18/h2-13,23-24H,14-17H2,1H3,(H2,30,33)(H,31,34)/t23-,24+/m1/s1. The number of fused-ring (bicyclic) bond motifs is 1. The highest BCUT2D eigenvalue weighted by molar-refractivity contribution is 6.32. The first-order valence-corrected chi connectivity index (χ1v) is 12.2. The second kappa shape index (κ2) is 11.8. The molecular formula is C28H28ClN3O5. The van der Waals surface area contributed by atoms with Crippen LogP contribution < -0.4 is 15.8 Å². The predicted molar refractivity (Wildman–Crippen MR) is 139 cm³/mol. The maximum atomic E-state index is 13.5. The zero-order valence-corrected chi connectivity index (χ0v) is 21.1. The summed E-state index contributed by atoms with van der Waals surface area (Å²) in [4.78, 5) is 40.2. The van der Waals surface area contributed by atoms with Crippen molar-refractivity contribution in [2.75, 3.05) is 7.11 Å². The molecule has 0 spiro atoms. The van der Waals surface area contributed by atoms with Crippen LogP contribution in [0.4, 0.5) is 4.79 Å². The largest absolute Gasteiger partial charge is 0.495 e. The van der Waals surface area contributed by atoms with E-state index >= 15 is 0 Å². The molecule has 0 bridgehead atoms. The number of nitrogens with zero attached hydrogens (tertiary/aromatic N) is 1. The Balaban J connectivity index is 1.51. The van der Waals surface area contributed by atoms with Gasteiger partial charge in [-0.25, -0.2) is 4.79 Å². The van der Waals surface area contributed by atoms with E-state index in [1.807, 2.05) is 54.6 Å². The smallest absolute Gasteiger partial charge is 0.411 e. The van der Waals surface area contributed by atoms with Crippen LogP contribution in [0.25, 0.3) is 0 Å². The average Bonchev–Trinajstić information content (AvgIpc) is 2.91. The lowest BCUT2D eigenvalue weighted by Gasteiger charge is -2.35. The number of carbonyl (C=O) groups is 3. The van der Waals surface area contributed by atoms with Crippen molar-refractivity contribution in [2.24, 2.45) is 5.73 Å². The van der Waals surface area contributed by atoms with Gasteiger partial charge in [0.1, 0.15) is 24.4 Å². The lowest BCUT2D eigenvalue weighted by molar-refractivity contribution is -0.131. The molecule has 3 aromatic carbocycles. The molecule has 0 aliphatic carbocycles. The summed E-state index contributed by atoms with van der Waals surface area (Å²) in [5.41, 5.74) is 9.04. The molecule has 2 atom stereocenters. The summed E-state index contributed by atoms with van der Waals surface area (Å²) >= 11 is 6.21. The third-order valence-corrected chi connectivity index (χ3v) is 6.60. The molecule has 0 fully saturated rings. The van der Waals surface area contributed by atoms with Crippen molar-refractivity contribution in [3.63, 3.8) is 0 Å². The Morgan fingerprint density at radius 1 is 1.03 bits per heavy atom. The van der Waals surface area contributed by atoms with Gasteiger partial charge in [0.2, 0.25) is 11.8 Å². The van der Waals surface area contributed by atoms with Gasteiger partial charge >= 0.3 is 6.09 Å². The highest BCUT2D eigenvalue weighted by Gasteiger charge is 2.37. The Kier molecular flexibility index (Phi) is 8.30. The van der Waals surface area contributed by atoms with E-state index in [4.69, 9.17) is 26.8 Å². The topological polar surface area (TPSA) is 111 Å². The molecule has 192 valence electrons. The molecule has 0 unspecified atom stereocenters. The number of ether oxygens (including phenoxy) is 2. The zero-order valence-electron chi connectivity index (χ0n) is 20.4.